The van der Waals surface area contributed by atoms with Crippen molar-refractivity contribution in [3.8, 4) is 11.8 Å². The van der Waals surface area contributed by atoms with Crippen molar-refractivity contribution in [3.05, 3.63) is 41.7 Å². The van der Waals surface area contributed by atoms with Crippen LogP contribution in [0.25, 0.3) is 0 Å². The summed E-state index contributed by atoms with van der Waals surface area (Å²) in [4.78, 5) is 9.51. The molecule has 0 unspecified atom stereocenters. The molecule has 2 rings (SSSR count). The molecule has 27 heavy (non-hydrogen) atoms. The zero-order valence-corrected chi connectivity index (χ0v) is 16.2. The second kappa shape index (κ2) is 11.5. The topological polar surface area (TPSA) is 87.1 Å². The zero-order valence-electron chi connectivity index (χ0n) is 15.4. The summed E-state index contributed by atoms with van der Waals surface area (Å²) < 4.78 is 31.4. The van der Waals surface area contributed by atoms with Gasteiger partial charge in [-0.1, -0.05) is 17.1 Å². The van der Waals surface area contributed by atoms with E-state index >= 15 is 0 Å². The van der Waals surface area contributed by atoms with Crippen LogP contribution >= 0.6 is 0 Å². The van der Waals surface area contributed by atoms with Gasteiger partial charge >= 0.3 is 0 Å². The molecule has 1 aliphatic carbocycles. The molecule has 146 valence electrons. The maximum Gasteiger partial charge on any atom is 0.264 e. The molecule has 7 nitrogen and oxygen atoms in total. The van der Waals surface area contributed by atoms with Crippen LogP contribution in [-0.4, -0.2) is 51.8 Å². The molecule has 0 aromatic carbocycles. The van der Waals surface area contributed by atoms with Crippen LogP contribution in [0.3, 0.4) is 0 Å². The monoisotopic (exact) mass is 392 g/mol. The maximum atomic E-state index is 10.8. The molecule has 0 N–H and O–H groups in total. The number of hydrogen-bond donors (Lipinski definition) is 0. The summed E-state index contributed by atoms with van der Waals surface area (Å²) in [6.45, 7) is 1.13. The lowest BCUT2D eigenvalue weighted by molar-refractivity contribution is 0.0714. The summed E-state index contributed by atoms with van der Waals surface area (Å²) in [7, 11) is -3.40. The Labute approximate surface area is 160 Å². The number of hydrogen-bond acceptors (Lipinski definition) is 7. The van der Waals surface area contributed by atoms with E-state index in [0.29, 0.717) is 19.6 Å². The van der Waals surface area contributed by atoms with Gasteiger partial charge in [-0.25, -0.2) is 4.98 Å². The molecule has 0 aliphatic heterocycles. The molecule has 1 aromatic rings. The smallest absolute Gasteiger partial charge is 0.264 e. The van der Waals surface area contributed by atoms with E-state index in [2.05, 4.69) is 26.2 Å². The highest BCUT2D eigenvalue weighted by Crippen LogP contribution is 2.15. The molecule has 1 heterocycles. The lowest BCUT2D eigenvalue weighted by atomic mass is 9.98. The van der Waals surface area contributed by atoms with Crippen LogP contribution in [0.4, 0.5) is 0 Å². The Morgan fingerprint density at radius 3 is 2.81 bits per heavy atom. The minimum Gasteiger partial charge on any atom is -0.396 e. The third kappa shape index (κ3) is 9.89. The highest BCUT2D eigenvalue weighted by Gasteiger charge is 2.07. The summed E-state index contributed by atoms with van der Waals surface area (Å²) in [6, 6.07) is 5.65. The Bertz CT molecular complexity index is 807. The minimum absolute atomic E-state index is 0.0229. The van der Waals surface area contributed by atoms with Crippen molar-refractivity contribution in [3.63, 3.8) is 0 Å². The van der Waals surface area contributed by atoms with E-state index in [4.69, 9.17) is 9.57 Å². The van der Waals surface area contributed by atoms with E-state index in [1.165, 1.54) is 0 Å². The van der Waals surface area contributed by atoms with Crippen molar-refractivity contribution >= 4 is 15.8 Å². The average molecular weight is 392 g/mol. The predicted molar refractivity (Wildman–Crippen MR) is 103 cm³/mol. The highest BCUT2D eigenvalue weighted by molar-refractivity contribution is 7.85. The second-order valence-electron chi connectivity index (χ2n) is 5.90. The lowest BCUT2D eigenvalue weighted by Gasteiger charge is -2.10. The molecular weight excluding hydrogens is 368 g/mol. The molecule has 1 aliphatic rings. The molecule has 8 heteroatoms. The number of oxime groups is 1. The summed E-state index contributed by atoms with van der Waals surface area (Å²) >= 11 is 0. The molecule has 0 fully saturated rings. The van der Waals surface area contributed by atoms with Crippen molar-refractivity contribution in [2.24, 2.45) is 5.16 Å². The normalized spacial score (nSPS) is 15.7. The SMILES string of the molecule is CS(=O)(=O)OCCOCCCON=C1C=C(C#Cc2ccccn2)CCC1. The summed E-state index contributed by atoms with van der Waals surface area (Å²) in [6.07, 6.45) is 8.16. The lowest BCUT2D eigenvalue weighted by Crippen LogP contribution is -2.10. The van der Waals surface area contributed by atoms with Gasteiger partial charge in [-0.2, -0.15) is 8.42 Å². The fraction of sp³-hybridized carbons (Fsp3) is 0.474. The Hall–Kier alpha value is -2.21. The van der Waals surface area contributed by atoms with Gasteiger partial charge in [0.2, 0.25) is 0 Å². The Morgan fingerprint density at radius 2 is 2.04 bits per heavy atom. The standard InChI is InChI=1S/C19H24N2O5S/c1-27(22,23)26-15-14-24-12-5-13-25-21-19-8-4-6-17(16-19)9-10-18-7-2-3-11-20-18/h2-3,7,11,16H,4-6,8,12-15H2,1H3. The highest BCUT2D eigenvalue weighted by atomic mass is 32.2. The van der Waals surface area contributed by atoms with Crippen molar-refractivity contribution in [1.29, 1.82) is 0 Å². The number of rotatable bonds is 9. The van der Waals surface area contributed by atoms with E-state index in [-0.39, 0.29) is 13.2 Å². The van der Waals surface area contributed by atoms with Crippen LogP contribution in [-0.2, 0) is 23.9 Å². The van der Waals surface area contributed by atoms with Gasteiger partial charge in [-0.3, -0.25) is 4.18 Å². The molecule has 0 bridgehead atoms. The number of nitrogens with zero attached hydrogens (tertiary/aromatic N) is 2. The van der Waals surface area contributed by atoms with Crippen LogP contribution in [0, 0.1) is 11.8 Å². The molecule has 0 atom stereocenters. The van der Waals surface area contributed by atoms with E-state index in [0.717, 1.165) is 42.5 Å². The van der Waals surface area contributed by atoms with Crippen LogP contribution < -0.4 is 0 Å². The van der Waals surface area contributed by atoms with Crippen molar-refractivity contribution in [2.75, 3.05) is 32.7 Å². The third-order valence-electron chi connectivity index (χ3n) is 3.47. The molecule has 0 amide bonds. The number of ether oxygens (including phenoxy) is 1. The van der Waals surface area contributed by atoms with Crippen LogP contribution in [0.2, 0.25) is 0 Å². The Balaban J connectivity index is 1.66. The van der Waals surface area contributed by atoms with Gasteiger partial charge in [0, 0.05) is 18.2 Å². The van der Waals surface area contributed by atoms with Crippen molar-refractivity contribution in [2.45, 2.75) is 25.7 Å². The van der Waals surface area contributed by atoms with E-state index in [9.17, 15) is 8.42 Å². The molecule has 0 spiro atoms. The first kappa shape index (κ1) is 21.1. The summed E-state index contributed by atoms with van der Waals surface area (Å²) in [5, 5.41) is 4.15. The van der Waals surface area contributed by atoms with E-state index in [1.807, 2.05) is 24.3 Å². The number of allylic oxidation sites excluding steroid dienone is 2. The van der Waals surface area contributed by atoms with Crippen LogP contribution in [0.15, 0.2) is 41.2 Å². The van der Waals surface area contributed by atoms with Crippen LogP contribution in [0.1, 0.15) is 31.4 Å². The largest absolute Gasteiger partial charge is 0.396 e. The number of pyridine rings is 1. The van der Waals surface area contributed by atoms with Gasteiger partial charge in [-0.15, -0.1) is 0 Å². The van der Waals surface area contributed by atoms with E-state index in [1.54, 1.807) is 6.20 Å². The predicted octanol–water partition coefficient (Wildman–Crippen LogP) is 2.30. The number of aromatic nitrogens is 1. The minimum atomic E-state index is -3.40. The first-order chi connectivity index (χ1) is 13.0. The molecule has 0 radical (unpaired) electrons. The van der Waals surface area contributed by atoms with Gasteiger partial charge in [-0.05, 0) is 43.4 Å². The second-order valence-corrected chi connectivity index (χ2v) is 7.54. The zero-order chi connectivity index (χ0) is 19.4. The summed E-state index contributed by atoms with van der Waals surface area (Å²) in [5.74, 6) is 6.20. The molecule has 1 aromatic heterocycles. The van der Waals surface area contributed by atoms with Gasteiger partial charge in [0.15, 0.2) is 0 Å². The first-order valence-electron chi connectivity index (χ1n) is 8.77. The van der Waals surface area contributed by atoms with Crippen molar-refractivity contribution in [1.82, 2.24) is 4.98 Å². The first-order valence-corrected chi connectivity index (χ1v) is 10.6. The fourth-order valence-electron chi connectivity index (χ4n) is 2.26. The molecule has 0 saturated carbocycles. The van der Waals surface area contributed by atoms with Gasteiger partial charge in [0.05, 0.1) is 31.8 Å². The van der Waals surface area contributed by atoms with E-state index < -0.39 is 10.1 Å². The fourth-order valence-corrected chi connectivity index (χ4v) is 2.63. The Kier molecular flexibility index (Phi) is 8.98. The maximum absolute atomic E-state index is 10.8. The Morgan fingerprint density at radius 1 is 1.15 bits per heavy atom. The quantitative estimate of drug-likeness (QED) is 0.277. The average Bonchev–Trinajstić information content (AvgIpc) is 2.65. The van der Waals surface area contributed by atoms with Crippen molar-refractivity contribution < 1.29 is 22.2 Å². The van der Waals surface area contributed by atoms with Crippen LogP contribution in [0.5, 0.6) is 0 Å². The summed E-state index contributed by atoms with van der Waals surface area (Å²) in [5.41, 5.74) is 2.66. The van der Waals surface area contributed by atoms with Gasteiger partial charge < -0.3 is 9.57 Å². The third-order valence-corrected chi connectivity index (χ3v) is 4.06. The van der Waals surface area contributed by atoms with Gasteiger partial charge in [0.25, 0.3) is 10.1 Å². The molecule has 0 saturated heterocycles. The molecular formula is C19H24N2O5S. The van der Waals surface area contributed by atoms with Gasteiger partial charge in [0.1, 0.15) is 12.3 Å².